The lowest BCUT2D eigenvalue weighted by Crippen LogP contribution is -2.49. The third-order valence-electron chi connectivity index (χ3n) is 4.43. The number of carbonyl (C=O) groups is 1. The van der Waals surface area contributed by atoms with Crippen LogP contribution in [0.3, 0.4) is 0 Å². The lowest BCUT2D eigenvalue weighted by atomic mass is 10.0. The molecule has 1 aromatic rings. The van der Waals surface area contributed by atoms with Gasteiger partial charge >= 0.3 is 6.03 Å². The number of anilines is 1. The summed E-state index contributed by atoms with van der Waals surface area (Å²) in [5.74, 6) is 0. The Hall–Kier alpha value is -1.42. The van der Waals surface area contributed by atoms with Crippen LogP contribution in [0.25, 0.3) is 0 Å². The maximum absolute atomic E-state index is 12.1. The van der Waals surface area contributed by atoms with E-state index in [2.05, 4.69) is 22.3 Å². The number of benzene rings is 1. The van der Waals surface area contributed by atoms with Crippen LogP contribution in [0.1, 0.15) is 25.7 Å². The molecule has 1 aromatic carbocycles. The fourth-order valence-corrected chi connectivity index (χ4v) is 2.96. The molecule has 2 amide bonds. The van der Waals surface area contributed by atoms with Crippen LogP contribution in [-0.2, 0) is 0 Å². The number of halogens is 1. The van der Waals surface area contributed by atoms with Crippen molar-refractivity contribution in [1.29, 1.82) is 0 Å². The lowest BCUT2D eigenvalue weighted by molar-refractivity contribution is 0.179. The van der Waals surface area contributed by atoms with Gasteiger partial charge in [-0.3, -0.25) is 0 Å². The first-order valence-corrected chi connectivity index (χ1v) is 8.05. The monoisotopic (exact) mass is 307 g/mol. The highest BCUT2D eigenvalue weighted by Gasteiger charge is 2.29. The van der Waals surface area contributed by atoms with Gasteiger partial charge in [0.15, 0.2) is 0 Å². The zero-order valence-corrected chi connectivity index (χ0v) is 13.1. The van der Waals surface area contributed by atoms with Gasteiger partial charge in [-0.25, -0.2) is 4.79 Å². The largest absolute Gasteiger partial charge is 0.371 e. The normalized spacial score (nSPS) is 19.4. The highest BCUT2D eigenvalue weighted by atomic mass is 35.5. The fourth-order valence-electron chi connectivity index (χ4n) is 2.83. The summed E-state index contributed by atoms with van der Waals surface area (Å²) in [5, 5.41) is 3.83. The summed E-state index contributed by atoms with van der Waals surface area (Å²) in [5.41, 5.74) is 1.21. The van der Waals surface area contributed by atoms with Gasteiger partial charge in [0.25, 0.3) is 0 Å². The summed E-state index contributed by atoms with van der Waals surface area (Å²) >= 11 is 5.93. The molecule has 21 heavy (non-hydrogen) atoms. The number of carbonyl (C=O) groups excluding carboxylic acids is 1. The zero-order valence-electron chi connectivity index (χ0n) is 12.4. The van der Waals surface area contributed by atoms with E-state index < -0.39 is 0 Å². The van der Waals surface area contributed by atoms with E-state index in [-0.39, 0.29) is 6.03 Å². The molecule has 0 atom stereocenters. The highest BCUT2D eigenvalue weighted by molar-refractivity contribution is 6.30. The molecule has 1 aliphatic carbocycles. The maximum Gasteiger partial charge on any atom is 0.317 e. The van der Waals surface area contributed by atoms with Crippen molar-refractivity contribution in [3.05, 3.63) is 29.3 Å². The molecule has 114 valence electrons. The topological polar surface area (TPSA) is 35.6 Å². The van der Waals surface area contributed by atoms with E-state index in [1.165, 1.54) is 5.69 Å². The standard InChI is InChI=1S/C16H22ClN3O/c1-19(16(21)18-13-4-5-13)14-8-10-20(11-9-14)15-6-2-12(17)3-7-15/h2-3,6-7,13-14H,4-5,8-11H2,1H3,(H,18,21). The SMILES string of the molecule is CN(C(=O)NC1CC1)C1CCN(c2ccc(Cl)cc2)CC1. The van der Waals surface area contributed by atoms with Gasteiger partial charge in [-0.15, -0.1) is 0 Å². The van der Waals surface area contributed by atoms with Crippen molar-refractivity contribution in [2.75, 3.05) is 25.0 Å². The molecule has 3 rings (SSSR count). The number of urea groups is 1. The zero-order chi connectivity index (χ0) is 14.8. The number of nitrogens with zero attached hydrogens (tertiary/aromatic N) is 2. The molecule has 0 aromatic heterocycles. The van der Waals surface area contributed by atoms with Crippen molar-refractivity contribution in [2.45, 2.75) is 37.8 Å². The first-order valence-electron chi connectivity index (χ1n) is 7.67. The Balaban J connectivity index is 1.52. The van der Waals surface area contributed by atoms with Gasteiger partial charge in [-0.05, 0) is 49.9 Å². The fraction of sp³-hybridized carbons (Fsp3) is 0.562. The summed E-state index contributed by atoms with van der Waals surface area (Å²) in [6.07, 6.45) is 4.29. The quantitative estimate of drug-likeness (QED) is 0.931. The average Bonchev–Trinajstić information content (AvgIpc) is 3.31. The molecular weight excluding hydrogens is 286 g/mol. The van der Waals surface area contributed by atoms with Gasteiger partial charge in [0.05, 0.1) is 0 Å². The van der Waals surface area contributed by atoms with Gasteiger partial charge in [0.1, 0.15) is 0 Å². The molecule has 1 aliphatic heterocycles. The van der Waals surface area contributed by atoms with Crippen LogP contribution in [0, 0.1) is 0 Å². The van der Waals surface area contributed by atoms with E-state index in [0.717, 1.165) is 43.8 Å². The molecular formula is C16H22ClN3O. The van der Waals surface area contributed by atoms with Crippen molar-refractivity contribution in [2.24, 2.45) is 0 Å². The molecule has 2 aliphatic rings. The minimum absolute atomic E-state index is 0.0856. The maximum atomic E-state index is 12.1. The molecule has 5 heteroatoms. The Morgan fingerprint density at radius 1 is 1.19 bits per heavy atom. The van der Waals surface area contributed by atoms with Crippen molar-refractivity contribution in [1.82, 2.24) is 10.2 Å². The van der Waals surface area contributed by atoms with E-state index in [1.807, 2.05) is 24.1 Å². The molecule has 0 radical (unpaired) electrons. The minimum Gasteiger partial charge on any atom is -0.371 e. The average molecular weight is 308 g/mol. The molecule has 2 fully saturated rings. The van der Waals surface area contributed by atoms with E-state index >= 15 is 0 Å². The number of rotatable bonds is 3. The third kappa shape index (κ3) is 3.62. The van der Waals surface area contributed by atoms with E-state index in [4.69, 9.17) is 11.6 Å². The number of piperidine rings is 1. The molecule has 0 unspecified atom stereocenters. The first kappa shape index (κ1) is 14.5. The minimum atomic E-state index is 0.0856. The van der Waals surface area contributed by atoms with Crippen LogP contribution in [0.4, 0.5) is 10.5 Å². The number of hydrogen-bond acceptors (Lipinski definition) is 2. The van der Waals surface area contributed by atoms with Crippen LogP contribution < -0.4 is 10.2 Å². The van der Waals surface area contributed by atoms with Gasteiger partial charge < -0.3 is 15.1 Å². The molecule has 4 nitrogen and oxygen atoms in total. The first-order chi connectivity index (χ1) is 10.1. The van der Waals surface area contributed by atoms with E-state index in [0.29, 0.717) is 12.1 Å². The second-order valence-electron chi connectivity index (χ2n) is 6.03. The molecule has 0 bridgehead atoms. The van der Waals surface area contributed by atoms with Gasteiger partial charge in [0.2, 0.25) is 0 Å². The Kier molecular flexibility index (Phi) is 4.24. The number of amides is 2. The Morgan fingerprint density at radius 3 is 2.38 bits per heavy atom. The van der Waals surface area contributed by atoms with Gasteiger partial charge in [-0.2, -0.15) is 0 Å². The van der Waals surface area contributed by atoms with E-state index in [1.54, 1.807) is 0 Å². The molecule has 1 N–H and O–H groups in total. The summed E-state index contributed by atoms with van der Waals surface area (Å²) < 4.78 is 0. The smallest absolute Gasteiger partial charge is 0.317 e. The van der Waals surface area contributed by atoms with Crippen molar-refractivity contribution >= 4 is 23.3 Å². The Morgan fingerprint density at radius 2 is 1.81 bits per heavy atom. The van der Waals surface area contributed by atoms with Crippen molar-refractivity contribution in [3.8, 4) is 0 Å². The molecule has 0 spiro atoms. The van der Waals surface area contributed by atoms with Gasteiger partial charge in [0, 0.05) is 42.9 Å². The molecule has 1 saturated carbocycles. The third-order valence-corrected chi connectivity index (χ3v) is 4.68. The second kappa shape index (κ2) is 6.14. The number of hydrogen-bond donors (Lipinski definition) is 1. The van der Waals surface area contributed by atoms with Crippen molar-refractivity contribution < 1.29 is 4.79 Å². The van der Waals surface area contributed by atoms with Crippen LogP contribution in [0.15, 0.2) is 24.3 Å². The van der Waals surface area contributed by atoms with Crippen LogP contribution in [0.2, 0.25) is 5.02 Å². The summed E-state index contributed by atoms with van der Waals surface area (Å²) in [6, 6.07) is 8.83. The Labute approximate surface area is 131 Å². The van der Waals surface area contributed by atoms with E-state index in [9.17, 15) is 4.79 Å². The predicted molar refractivity (Wildman–Crippen MR) is 86.0 cm³/mol. The lowest BCUT2D eigenvalue weighted by Gasteiger charge is -2.37. The summed E-state index contributed by atoms with van der Waals surface area (Å²) in [6.45, 7) is 1.96. The Bertz CT molecular complexity index is 493. The van der Waals surface area contributed by atoms with Gasteiger partial charge in [-0.1, -0.05) is 11.6 Å². The number of nitrogens with one attached hydrogen (secondary N) is 1. The second-order valence-corrected chi connectivity index (χ2v) is 6.47. The van der Waals surface area contributed by atoms with Crippen molar-refractivity contribution in [3.63, 3.8) is 0 Å². The van der Waals surface area contributed by atoms with Crippen LogP contribution in [-0.4, -0.2) is 43.2 Å². The molecule has 1 heterocycles. The van der Waals surface area contributed by atoms with Crippen LogP contribution in [0.5, 0.6) is 0 Å². The predicted octanol–water partition coefficient (Wildman–Crippen LogP) is 3.11. The highest BCUT2D eigenvalue weighted by Crippen LogP contribution is 2.24. The summed E-state index contributed by atoms with van der Waals surface area (Å²) in [4.78, 5) is 16.3. The van der Waals surface area contributed by atoms with Crippen LogP contribution >= 0.6 is 11.6 Å². The summed E-state index contributed by atoms with van der Waals surface area (Å²) in [7, 11) is 1.92. The molecule has 1 saturated heterocycles.